The van der Waals surface area contributed by atoms with Gasteiger partial charge in [0, 0.05) is 5.56 Å². The average molecular weight is 262 g/mol. The normalized spacial score (nSPS) is 10.3. The fraction of sp³-hybridized carbons (Fsp3) is 0.133. The minimum Gasteiger partial charge on any atom is -0.465 e. The number of hydrogen-bond donors (Lipinski definition) is 0. The van der Waals surface area contributed by atoms with Crippen LogP contribution in [0.3, 0.4) is 0 Å². The van der Waals surface area contributed by atoms with E-state index in [4.69, 9.17) is 0 Å². The lowest BCUT2D eigenvalue weighted by atomic mass is 10.0. The molecule has 2 nitrogen and oxygen atoms in total. The summed E-state index contributed by atoms with van der Waals surface area (Å²) in [4.78, 5) is 11.4. The molecule has 0 saturated heterocycles. The van der Waals surface area contributed by atoms with Gasteiger partial charge in [0.15, 0.2) is 0 Å². The first-order valence-corrected chi connectivity index (χ1v) is 5.67. The Bertz CT molecular complexity index is 636. The van der Waals surface area contributed by atoms with Crippen LogP contribution in [0.15, 0.2) is 36.4 Å². The zero-order valence-corrected chi connectivity index (χ0v) is 10.5. The number of hydrogen-bond acceptors (Lipinski definition) is 2. The van der Waals surface area contributed by atoms with Gasteiger partial charge in [-0.15, -0.1) is 0 Å². The standard InChI is InChI=1S/C15H12F2O2/c1-9-7-10(3-5-13(9)16)12-8-11(15(18)19-2)4-6-14(12)17/h3-8H,1-2H3. The molecule has 4 heteroatoms. The number of methoxy groups -OCH3 is 1. The van der Waals surface area contributed by atoms with Crippen molar-refractivity contribution in [2.45, 2.75) is 6.92 Å². The third-order valence-electron chi connectivity index (χ3n) is 2.86. The smallest absolute Gasteiger partial charge is 0.337 e. The molecule has 0 fully saturated rings. The number of rotatable bonds is 2. The van der Waals surface area contributed by atoms with Crippen molar-refractivity contribution in [1.82, 2.24) is 0 Å². The highest BCUT2D eigenvalue weighted by molar-refractivity contribution is 5.91. The van der Waals surface area contributed by atoms with E-state index in [1.54, 1.807) is 6.92 Å². The SMILES string of the molecule is COC(=O)c1ccc(F)c(-c2ccc(F)c(C)c2)c1. The fourth-order valence-corrected chi connectivity index (χ4v) is 1.80. The third kappa shape index (κ3) is 2.62. The number of carbonyl (C=O) groups excluding carboxylic acids is 1. The molecule has 19 heavy (non-hydrogen) atoms. The van der Waals surface area contributed by atoms with Gasteiger partial charge in [0.25, 0.3) is 0 Å². The van der Waals surface area contributed by atoms with Gasteiger partial charge in [-0.05, 0) is 48.4 Å². The molecule has 0 atom stereocenters. The quantitative estimate of drug-likeness (QED) is 0.771. The summed E-state index contributed by atoms with van der Waals surface area (Å²) in [6.07, 6.45) is 0. The maximum atomic E-state index is 13.8. The van der Waals surface area contributed by atoms with Crippen molar-refractivity contribution in [3.05, 3.63) is 59.2 Å². The van der Waals surface area contributed by atoms with E-state index in [1.807, 2.05) is 0 Å². The molecule has 0 spiro atoms. The first kappa shape index (κ1) is 13.2. The first-order chi connectivity index (χ1) is 9.02. The summed E-state index contributed by atoms with van der Waals surface area (Å²) < 4.78 is 31.6. The highest BCUT2D eigenvalue weighted by Gasteiger charge is 2.12. The molecule has 0 amide bonds. The topological polar surface area (TPSA) is 26.3 Å². The van der Waals surface area contributed by atoms with Crippen LogP contribution >= 0.6 is 0 Å². The molecule has 2 aromatic carbocycles. The van der Waals surface area contributed by atoms with Crippen molar-refractivity contribution in [1.29, 1.82) is 0 Å². The van der Waals surface area contributed by atoms with Gasteiger partial charge in [-0.25, -0.2) is 13.6 Å². The molecular weight excluding hydrogens is 250 g/mol. The van der Waals surface area contributed by atoms with Gasteiger partial charge < -0.3 is 4.74 Å². The number of aryl methyl sites for hydroxylation is 1. The number of carbonyl (C=O) groups is 1. The Hall–Kier alpha value is -2.23. The van der Waals surface area contributed by atoms with E-state index in [9.17, 15) is 13.6 Å². The van der Waals surface area contributed by atoms with Gasteiger partial charge in [0.2, 0.25) is 0 Å². The Morgan fingerprint density at radius 2 is 1.74 bits per heavy atom. The molecular formula is C15H12F2O2. The Morgan fingerprint density at radius 3 is 2.37 bits per heavy atom. The molecule has 0 bridgehead atoms. The second kappa shape index (κ2) is 5.18. The largest absolute Gasteiger partial charge is 0.465 e. The van der Waals surface area contributed by atoms with Crippen molar-refractivity contribution in [3.8, 4) is 11.1 Å². The Kier molecular flexibility index (Phi) is 3.60. The van der Waals surface area contributed by atoms with Crippen LogP contribution in [-0.4, -0.2) is 13.1 Å². The molecule has 0 N–H and O–H groups in total. The van der Waals surface area contributed by atoms with Crippen molar-refractivity contribution >= 4 is 5.97 Å². The second-order valence-corrected chi connectivity index (χ2v) is 4.15. The van der Waals surface area contributed by atoms with Gasteiger partial charge in [-0.3, -0.25) is 0 Å². The molecule has 0 unspecified atom stereocenters. The molecule has 98 valence electrons. The average Bonchev–Trinajstić information content (AvgIpc) is 2.41. The summed E-state index contributed by atoms with van der Waals surface area (Å²) >= 11 is 0. The van der Waals surface area contributed by atoms with E-state index in [-0.39, 0.29) is 16.9 Å². The highest BCUT2D eigenvalue weighted by atomic mass is 19.1. The summed E-state index contributed by atoms with van der Waals surface area (Å²) in [6.45, 7) is 1.60. The Morgan fingerprint density at radius 1 is 1.05 bits per heavy atom. The number of esters is 1. The van der Waals surface area contributed by atoms with Crippen molar-refractivity contribution in [3.63, 3.8) is 0 Å². The predicted octanol–water partition coefficient (Wildman–Crippen LogP) is 3.73. The molecule has 0 aliphatic rings. The van der Waals surface area contributed by atoms with E-state index in [2.05, 4.69) is 4.74 Å². The number of halogens is 2. The summed E-state index contributed by atoms with van der Waals surface area (Å²) in [5.74, 6) is -1.37. The highest BCUT2D eigenvalue weighted by Crippen LogP contribution is 2.26. The fourth-order valence-electron chi connectivity index (χ4n) is 1.80. The van der Waals surface area contributed by atoms with E-state index < -0.39 is 11.8 Å². The van der Waals surface area contributed by atoms with Crippen LogP contribution in [0, 0.1) is 18.6 Å². The van der Waals surface area contributed by atoms with Gasteiger partial charge in [0.1, 0.15) is 11.6 Å². The minimum absolute atomic E-state index is 0.242. The number of benzene rings is 2. The zero-order chi connectivity index (χ0) is 14.0. The molecule has 2 aromatic rings. The van der Waals surface area contributed by atoms with E-state index >= 15 is 0 Å². The van der Waals surface area contributed by atoms with Gasteiger partial charge in [-0.2, -0.15) is 0 Å². The molecule has 0 aliphatic heterocycles. The van der Waals surface area contributed by atoms with Crippen LogP contribution in [0.25, 0.3) is 11.1 Å². The minimum atomic E-state index is -0.542. The molecule has 0 aromatic heterocycles. The molecule has 0 heterocycles. The maximum Gasteiger partial charge on any atom is 0.337 e. The van der Waals surface area contributed by atoms with Gasteiger partial charge in [0.05, 0.1) is 12.7 Å². The van der Waals surface area contributed by atoms with E-state index in [0.29, 0.717) is 11.1 Å². The van der Waals surface area contributed by atoms with Crippen LogP contribution < -0.4 is 0 Å². The van der Waals surface area contributed by atoms with Crippen LogP contribution in [0.1, 0.15) is 15.9 Å². The van der Waals surface area contributed by atoms with Crippen molar-refractivity contribution in [2.24, 2.45) is 0 Å². The van der Waals surface area contributed by atoms with Crippen LogP contribution in [0.2, 0.25) is 0 Å². The lowest BCUT2D eigenvalue weighted by Gasteiger charge is -2.07. The van der Waals surface area contributed by atoms with Crippen molar-refractivity contribution < 1.29 is 18.3 Å². The Balaban J connectivity index is 2.54. The van der Waals surface area contributed by atoms with E-state index in [0.717, 1.165) is 0 Å². The summed E-state index contributed by atoms with van der Waals surface area (Å²) in [5.41, 5.74) is 1.43. The summed E-state index contributed by atoms with van der Waals surface area (Å²) in [6, 6.07) is 8.22. The van der Waals surface area contributed by atoms with Gasteiger partial charge >= 0.3 is 5.97 Å². The number of ether oxygens (including phenoxy) is 1. The lowest BCUT2D eigenvalue weighted by molar-refractivity contribution is 0.0600. The third-order valence-corrected chi connectivity index (χ3v) is 2.86. The van der Waals surface area contributed by atoms with Crippen LogP contribution in [0.5, 0.6) is 0 Å². The second-order valence-electron chi connectivity index (χ2n) is 4.15. The maximum absolute atomic E-state index is 13.8. The Labute approximate surface area is 109 Å². The van der Waals surface area contributed by atoms with Crippen LogP contribution in [-0.2, 0) is 4.74 Å². The van der Waals surface area contributed by atoms with Crippen molar-refractivity contribution in [2.75, 3.05) is 7.11 Å². The van der Waals surface area contributed by atoms with Gasteiger partial charge in [-0.1, -0.05) is 6.07 Å². The summed E-state index contributed by atoms with van der Waals surface area (Å²) in [7, 11) is 1.26. The molecule has 2 rings (SSSR count). The molecule has 0 saturated carbocycles. The van der Waals surface area contributed by atoms with E-state index in [1.165, 1.54) is 43.5 Å². The predicted molar refractivity (Wildman–Crippen MR) is 67.9 cm³/mol. The van der Waals surface area contributed by atoms with Crippen LogP contribution in [0.4, 0.5) is 8.78 Å². The zero-order valence-electron chi connectivity index (χ0n) is 10.5. The first-order valence-electron chi connectivity index (χ1n) is 5.67. The monoisotopic (exact) mass is 262 g/mol. The summed E-state index contributed by atoms with van der Waals surface area (Å²) in [5, 5.41) is 0. The molecule has 0 radical (unpaired) electrons. The lowest BCUT2D eigenvalue weighted by Crippen LogP contribution is -2.02. The molecule has 0 aliphatic carbocycles.